The Labute approximate surface area is 166 Å². The smallest absolute Gasteiger partial charge is 0.258 e. The van der Waals surface area contributed by atoms with Crippen LogP contribution >= 0.6 is 34.8 Å². The number of amides is 1. The fourth-order valence-electron chi connectivity index (χ4n) is 2.71. The van der Waals surface area contributed by atoms with Gasteiger partial charge in [0.15, 0.2) is 0 Å². The van der Waals surface area contributed by atoms with Gasteiger partial charge in [-0.05, 0) is 36.8 Å². The minimum absolute atomic E-state index is 0.215. The average Bonchev–Trinajstić information content (AvgIpc) is 2.58. The number of hydrogen-bond acceptors (Lipinski definition) is 3. The van der Waals surface area contributed by atoms with Crippen LogP contribution in [-0.4, -0.2) is 18.0 Å². The maximum absolute atomic E-state index is 12.7. The lowest BCUT2D eigenvalue weighted by Gasteiger charge is -2.13. The molecule has 0 aliphatic rings. The highest BCUT2D eigenvalue weighted by Gasteiger charge is 2.17. The highest BCUT2D eigenvalue weighted by Crippen LogP contribution is 2.33. The van der Waals surface area contributed by atoms with Crippen molar-refractivity contribution in [2.24, 2.45) is 0 Å². The van der Waals surface area contributed by atoms with E-state index in [1.54, 1.807) is 31.5 Å². The number of benzene rings is 2. The molecule has 0 fully saturated rings. The van der Waals surface area contributed by atoms with Crippen molar-refractivity contribution in [1.82, 2.24) is 4.98 Å². The number of rotatable bonds is 4. The zero-order valence-corrected chi connectivity index (χ0v) is 16.3. The number of carbonyl (C=O) groups excluding carboxylic acids is 1. The summed E-state index contributed by atoms with van der Waals surface area (Å²) in [5.74, 6) is -0.411. The lowest BCUT2D eigenvalue weighted by Crippen LogP contribution is -2.14. The minimum Gasteiger partial charge on any atom is -0.380 e. The van der Waals surface area contributed by atoms with Crippen molar-refractivity contribution >= 4 is 57.3 Å². The lowest BCUT2D eigenvalue weighted by atomic mass is 10.1. The maximum Gasteiger partial charge on any atom is 0.258 e. The van der Waals surface area contributed by atoms with Gasteiger partial charge in [0.2, 0.25) is 0 Å². The van der Waals surface area contributed by atoms with Gasteiger partial charge in [0, 0.05) is 24.3 Å². The topological polar surface area (TPSA) is 51.2 Å². The van der Waals surface area contributed by atoms with Crippen molar-refractivity contribution in [3.63, 3.8) is 0 Å². The van der Waals surface area contributed by atoms with Gasteiger partial charge >= 0.3 is 0 Å². The van der Waals surface area contributed by atoms with Crippen molar-refractivity contribution < 1.29 is 9.53 Å². The quantitative estimate of drug-likeness (QED) is 0.583. The predicted molar refractivity (Wildman–Crippen MR) is 107 cm³/mol. The van der Waals surface area contributed by atoms with E-state index < -0.39 is 5.91 Å². The molecule has 1 amide bonds. The number of fused-ring (bicyclic) bond motifs is 1. The van der Waals surface area contributed by atoms with Crippen LogP contribution in [0.1, 0.15) is 21.5 Å². The molecule has 3 rings (SSSR count). The summed E-state index contributed by atoms with van der Waals surface area (Å²) < 4.78 is 5.14. The standard InChI is InChI=1S/C19H15Cl3N2O2/c1-10-6-12-17(22)11(9-26-2)8-23-18(12)15(7-10)24-19(25)16-13(20)4-3-5-14(16)21/h3-8H,9H2,1-2H3,(H,24,25). The van der Waals surface area contributed by atoms with Crippen LogP contribution in [0.25, 0.3) is 10.9 Å². The first-order chi connectivity index (χ1) is 12.4. The average molecular weight is 410 g/mol. The summed E-state index contributed by atoms with van der Waals surface area (Å²) in [6.45, 7) is 2.27. The Hall–Kier alpha value is -1.85. The van der Waals surface area contributed by atoms with E-state index in [-0.39, 0.29) is 15.6 Å². The second-order valence-corrected chi connectivity index (χ2v) is 6.98. The Morgan fingerprint density at radius 1 is 1.19 bits per heavy atom. The number of nitrogens with zero attached hydrogens (tertiary/aromatic N) is 1. The number of methoxy groups -OCH3 is 1. The molecule has 1 N–H and O–H groups in total. The van der Waals surface area contributed by atoms with Gasteiger partial charge in [0.1, 0.15) is 0 Å². The Morgan fingerprint density at radius 2 is 1.88 bits per heavy atom. The minimum atomic E-state index is -0.411. The molecule has 0 aliphatic heterocycles. The van der Waals surface area contributed by atoms with E-state index in [0.29, 0.717) is 22.8 Å². The van der Waals surface area contributed by atoms with Gasteiger partial charge in [-0.25, -0.2) is 0 Å². The molecule has 26 heavy (non-hydrogen) atoms. The number of aryl methyl sites for hydroxylation is 1. The van der Waals surface area contributed by atoms with Crippen molar-refractivity contribution in [2.45, 2.75) is 13.5 Å². The summed E-state index contributed by atoms with van der Waals surface area (Å²) in [4.78, 5) is 17.2. The molecule has 134 valence electrons. The molecule has 0 unspecified atom stereocenters. The Kier molecular flexibility index (Phi) is 5.68. The van der Waals surface area contributed by atoms with Crippen LogP contribution in [0.2, 0.25) is 15.1 Å². The summed E-state index contributed by atoms with van der Waals surface area (Å²) in [7, 11) is 1.59. The van der Waals surface area contributed by atoms with E-state index in [9.17, 15) is 4.79 Å². The zero-order valence-electron chi connectivity index (χ0n) is 14.1. The van der Waals surface area contributed by atoms with E-state index >= 15 is 0 Å². The van der Waals surface area contributed by atoms with E-state index in [1.807, 2.05) is 19.1 Å². The van der Waals surface area contributed by atoms with Crippen molar-refractivity contribution in [2.75, 3.05) is 12.4 Å². The van der Waals surface area contributed by atoms with Crippen LogP contribution in [0.5, 0.6) is 0 Å². The third-order valence-electron chi connectivity index (χ3n) is 3.86. The third kappa shape index (κ3) is 3.64. The number of pyridine rings is 1. The summed E-state index contributed by atoms with van der Waals surface area (Å²) in [6.07, 6.45) is 1.64. The Balaban J connectivity index is 2.08. The van der Waals surface area contributed by atoms with Gasteiger partial charge < -0.3 is 10.1 Å². The number of aromatic nitrogens is 1. The van der Waals surface area contributed by atoms with Crippen LogP contribution < -0.4 is 5.32 Å². The molecule has 2 aromatic carbocycles. The summed E-state index contributed by atoms with van der Waals surface area (Å²) in [5.41, 5.74) is 3.03. The highest BCUT2D eigenvalue weighted by atomic mass is 35.5. The van der Waals surface area contributed by atoms with Crippen LogP contribution in [0.4, 0.5) is 5.69 Å². The Morgan fingerprint density at radius 3 is 2.54 bits per heavy atom. The van der Waals surface area contributed by atoms with Gasteiger partial charge in [-0.15, -0.1) is 0 Å². The molecule has 0 spiro atoms. The second-order valence-electron chi connectivity index (χ2n) is 5.79. The van der Waals surface area contributed by atoms with Crippen LogP contribution in [0.15, 0.2) is 36.5 Å². The number of ether oxygens (including phenoxy) is 1. The fraction of sp³-hybridized carbons (Fsp3) is 0.158. The predicted octanol–water partition coefficient (Wildman–Crippen LogP) is 5.90. The molecule has 0 saturated heterocycles. The number of nitrogens with one attached hydrogen (secondary N) is 1. The van der Waals surface area contributed by atoms with E-state index in [4.69, 9.17) is 39.5 Å². The van der Waals surface area contributed by atoms with Crippen LogP contribution in [0, 0.1) is 6.92 Å². The first kappa shape index (κ1) is 18.9. The van der Waals surface area contributed by atoms with E-state index in [2.05, 4.69) is 10.3 Å². The number of carbonyl (C=O) groups is 1. The molecular formula is C19H15Cl3N2O2. The SMILES string of the molecule is COCc1cnc2c(NC(=O)c3c(Cl)cccc3Cl)cc(C)cc2c1Cl. The summed E-state index contributed by atoms with van der Waals surface area (Å²) in [5, 5.41) is 4.68. The number of anilines is 1. The van der Waals surface area contributed by atoms with Crippen LogP contribution in [0.3, 0.4) is 0 Å². The largest absolute Gasteiger partial charge is 0.380 e. The second kappa shape index (κ2) is 7.80. The zero-order chi connectivity index (χ0) is 18.8. The Bertz CT molecular complexity index is 985. The van der Waals surface area contributed by atoms with Crippen LogP contribution in [-0.2, 0) is 11.3 Å². The highest BCUT2D eigenvalue weighted by molar-refractivity contribution is 6.40. The van der Waals surface area contributed by atoms with Gasteiger partial charge in [-0.2, -0.15) is 0 Å². The normalized spacial score (nSPS) is 11.0. The van der Waals surface area contributed by atoms with Gasteiger partial charge in [0.05, 0.1) is 38.4 Å². The molecule has 0 saturated carbocycles. The van der Waals surface area contributed by atoms with Gasteiger partial charge in [0.25, 0.3) is 5.91 Å². The molecular weight excluding hydrogens is 395 g/mol. The molecule has 0 bridgehead atoms. The van der Waals surface area contributed by atoms with Crippen molar-refractivity contribution in [1.29, 1.82) is 0 Å². The molecule has 0 atom stereocenters. The summed E-state index contributed by atoms with van der Waals surface area (Å²) >= 11 is 18.7. The number of hydrogen-bond donors (Lipinski definition) is 1. The van der Waals surface area contributed by atoms with Gasteiger partial charge in [-0.1, -0.05) is 40.9 Å². The lowest BCUT2D eigenvalue weighted by molar-refractivity contribution is 0.102. The third-order valence-corrected chi connectivity index (χ3v) is 4.94. The molecule has 4 nitrogen and oxygen atoms in total. The monoisotopic (exact) mass is 408 g/mol. The molecule has 7 heteroatoms. The van der Waals surface area contributed by atoms with E-state index in [0.717, 1.165) is 16.5 Å². The fourth-order valence-corrected chi connectivity index (χ4v) is 3.52. The first-order valence-corrected chi connectivity index (χ1v) is 8.87. The van der Waals surface area contributed by atoms with Crippen molar-refractivity contribution in [3.05, 3.63) is 68.3 Å². The van der Waals surface area contributed by atoms with E-state index in [1.165, 1.54) is 0 Å². The number of halogens is 3. The van der Waals surface area contributed by atoms with Gasteiger partial charge in [-0.3, -0.25) is 9.78 Å². The summed E-state index contributed by atoms with van der Waals surface area (Å²) in [6, 6.07) is 8.65. The molecule has 1 aromatic heterocycles. The van der Waals surface area contributed by atoms with Crippen molar-refractivity contribution in [3.8, 4) is 0 Å². The molecule has 0 aliphatic carbocycles. The molecule has 3 aromatic rings. The molecule has 1 heterocycles. The maximum atomic E-state index is 12.7. The first-order valence-electron chi connectivity index (χ1n) is 7.74. The molecule has 0 radical (unpaired) electrons.